The smallest absolute Gasteiger partial charge is 0.280 e. The van der Waals surface area contributed by atoms with E-state index in [1.54, 1.807) is 0 Å². The van der Waals surface area contributed by atoms with Gasteiger partial charge in [0.05, 0.1) is 27.1 Å². The third kappa shape index (κ3) is 5.23. The van der Waals surface area contributed by atoms with E-state index in [-0.39, 0.29) is 5.91 Å². The van der Waals surface area contributed by atoms with Crippen LogP contribution in [-0.4, -0.2) is 18.2 Å². The zero-order chi connectivity index (χ0) is 23.4. The first kappa shape index (κ1) is 23.3. The largest absolute Gasteiger partial charge is 0.490 e. The Hall–Kier alpha value is -2.84. The van der Waals surface area contributed by atoms with Crippen molar-refractivity contribution in [1.82, 2.24) is 0 Å². The number of hydrazone groups is 1. The van der Waals surface area contributed by atoms with Crippen molar-refractivity contribution in [3.05, 3.63) is 92.0 Å². The summed E-state index contributed by atoms with van der Waals surface area (Å²) >= 11 is 8.49. The number of nitrogens with zero attached hydrogens (tertiary/aromatic N) is 2. The van der Waals surface area contributed by atoms with Gasteiger partial charge in [0.25, 0.3) is 5.91 Å². The molecule has 0 unspecified atom stereocenters. The molecule has 0 aromatic heterocycles. The zero-order valence-electron chi connectivity index (χ0n) is 18.2. The van der Waals surface area contributed by atoms with E-state index in [4.69, 9.17) is 21.1 Å². The van der Waals surface area contributed by atoms with Crippen LogP contribution < -0.4 is 14.5 Å². The van der Waals surface area contributed by atoms with Crippen molar-refractivity contribution in [2.45, 2.75) is 20.5 Å². The van der Waals surface area contributed by atoms with Crippen molar-refractivity contribution in [3.8, 4) is 11.5 Å². The van der Waals surface area contributed by atoms with E-state index in [9.17, 15) is 4.79 Å². The van der Waals surface area contributed by atoms with Crippen molar-refractivity contribution >= 4 is 57.6 Å². The first-order chi connectivity index (χ1) is 16.0. The first-order valence-corrected chi connectivity index (χ1v) is 11.9. The van der Waals surface area contributed by atoms with Gasteiger partial charge in [-0.05, 0) is 78.4 Å². The van der Waals surface area contributed by atoms with Gasteiger partial charge < -0.3 is 9.47 Å². The third-order valence-electron chi connectivity index (χ3n) is 5.04. The second-order valence-corrected chi connectivity index (χ2v) is 8.91. The maximum absolute atomic E-state index is 13.0. The van der Waals surface area contributed by atoms with Gasteiger partial charge in [0, 0.05) is 10.6 Å². The van der Waals surface area contributed by atoms with Crippen LogP contribution in [0.5, 0.6) is 11.5 Å². The number of amides is 1. The molecule has 3 aromatic carbocycles. The molecular weight excluding hydrogens is 551 g/mol. The molecule has 4 rings (SSSR count). The van der Waals surface area contributed by atoms with Crippen molar-refractivity contribution in [2.75, 3.05) is 11.6 Å². The van der Waals surface area contributed by atoms with E-state index in [2.05, 4.69) is 27.7 Å². The van der Waals surface area contributed by atoms with Crippen molar-refractivity contribution in [2.24, 2.45) is 5.10 Å². The summed E-state index contributed by atoms with van der Waals surface area (Å²) in [4.78, 5) is 13.0. The number of halogens is 2. The van der Waals surface area contributed by atoms with Crippen LogP contribution in [0.2, 0.25) is 5.02 Å². The second kappa shape index (κ2) is 10.4. The maximum atomic E-state index is 13.0. The van der Waals surface area contributed by atoms with Crippen LogP contribution >= 0.6 is 34.2 Å². The van der Waals surface area contributed by atoms with Crippen molar-refractivity contribution in [1.29, 1.82) is 0 Å². The lowest BCUT2D eigenvalue weighted by molar-refractivity contribution is -0.114. The molecule has 0 saturated carbocycles. The van der Waals surface area contributed by atoms with E-state index in [0.717, 1.165) is 20.4 Å². The molecule has 1 heterocycles. The lowest BCUT2D eigenvalue weighted by Gasteiger charge is -2.15. The van der Waals surface area contributed by atoms with Crippen LogP contribution in [0.3, 0.4) is 0 Å². The Bertz CT molecular complexity index is 1240. The van der Waals surface area contributed by atoms with Gasteiger partial charge in [-0.3, -0.25) is 4.79 Å². The number of carbonyl (C=O) groups is 1. The molecule has 0 radical (unpaired) electrons. The number of benzene rings is 3. The maximum Gasteiger partial charge on any atom is 0.280 e. The minimum absolute atomic E-state index is 0.161. The van der Waals surface area contributed by atoms with Gasteiger partial charge in [-0.1, -0.05) is 48.0 Å². The number of hydrogen-bond acceptors (Lipinski definition) is 4. The van der Waals surface area contributed by atoms with Crippen molar-refractivity contribution in [3.63, 3.8) is 0 Å². The minimum atomic E-state index is -0.161. The first-order valence-electron chi connectivity index (χ1n) is 10.5. The number of anilines is 1. The van der Waals surface area contributed by atoms with Crippen LogP contribution in [0, 0.1) is 3.57 Å². The number of rotatable bonds is 7. The number of para-hydroxylation sites is 1. The molecule has 3 aromatic rings. The lowest BCUT2D eigenvalue weighted by Crippen LogP contribution is -2.21. The summed E-state index contributed by atoms with van der Waals surface area (Å²) < 4.78 is 12.8. The monoisotopic (exact) mass is 572 g/mol. The molecule has 1 aliphatic rings. The molecule has 168 valence electrons. The van der Waals surface area contributed by atoms with E-state index in [0.29, 0.717) is 41.0 Å². The highest BCUT2D eigenvalue weighted by Crippen LogP contribution is 2.36. The van der Waals surface area contributed by atoms with Crippen LogP contribution in [0.15, 0.2) is 77.4 Å². The Balaban J connectivity index is 1.62. The van der Waals surface area contributed by atoms with Gasteiger partial charge >= 0.3 is 0 Å². The SMILES string of the molecule is CCOc1cc(/C=C2/C(=O)N(c3ccccc3)N=C2C)cc(I)c1OCc1ccccc1Cl. The lowest BCUT2D eigenvalue weighted by atomic mass is 10.1. The molecule has 0 fully saturated rings. The average molecular weight is 573 g/mol. The molecule has 0 atom stereocenters. The molecule has 1 aliphatic heterocycles. The Morgan fingerprint density at radius 3 is 2.52 bits per heavy atom. The van der Waals surface area contributed by atoms with Crippen molar-refractivity contribution < 1.29 is 14.3 Å². The quantitative estimate of drug-likeness (QED) is 0.233. The molecule has 33 heavy (non-hydrogen) atoms. The number of carbonyl (C=O) groups excluding carboxylic acids is 1. The highest BCUT2D eigenvalue weighted by molar-refractivity contribution is 14.1. The van der Waals surface area contributed by atoms with E-state index in [1.807, 2.05) is 86.7 Å². The van der Waals surface area contributed by atoms with Crippen LogP contribution in [0.25, 0.3) is 6.08 Å². The molecule has 0 saturated heterocycles. The summed E-state index contributed by atoms with van der Waals surface area (Å²) in [6, 6.07) is 20.8. The average Bonchev–Trinajstić information content (AvgIpc) is 3.09. The van der Waals surface area contributed by atoms with Gasteiger partial charge in [0.2, 0.25) is 0 Å². The molecule has 5 nitrogen and oxygen atoms in total. The molecular formula is C26H22ClIN2O3. The third-order valence-corrected chi connectivity index (χ3v) is 6.21. The standard InChI is InChI=1S/C26H22ClIN2O3/c1-3-32-24-15-18(14-23(28)25(24)33-16-19-9-7-8-12-22(19)27)13-21-17(2)29-30(26(21)31)20-10-5-4-6-11-20/h4-15H,3,16H2,1-2H3/b21-13+. The van der Waals surface area contributed by atoms with Gasteiger partial charge in [-0.15, -0.1) is 0 Å². The molecule has 0 aliphatic carbocycles. The minimum Gasteiger partial charge on any atom is -0.490 e. The van der Waals surface area contributed by atoms with Crippen LogP contribution in [0.4, 0.5) is 5.69 Å². The predicted molar refractivity (Wildman–Crippen MR) is 141 cm³/mol. The highest BCUT2D eigenvalue weighted by Gasteiger charge is 2.28. The predicted octanol–water partition coefficient (Wildman–Crippen LogP) is 6.73. The number of ether oxygens (including phenoxy) is 2. The Kier molecular flexibility index (Phi) is 7.35. The summed E-state index contributed by atoms with van der Waals surface area (Å²) in [6.07, 6.45) is 1.84. The van der Waals surface area contributed by atoms with Crippen LogP contribution in [0.1, 0.15) is 25.0 Å². The summed E-state index contributed by atoms with van der Waals surface area (Å²) in [5.74, 6) is 1.10. The molecule has 7 heteroatoms. The Morgan fingerprint density at radius 1 is 1.06 bits per heavy atom. The van der Waals surface area contributed by atoms with E-state index in [1.165, 1.54) is 5.01 Å². The van der Waals surface area contributed by atoms with Crippen LogP contribution in [-0.2, 0) is 11.4 Å². The highest BCUT2D eigenvalue weighted by atomic mass is 127. The Labute approximate surface area is 211 Å². The number of hydrogen-bond donors (Lipinski definition) is 0. The molecule has 0 N–H and O–H groups in total. The summed E-state index contributed by atoms with van der Waals surface area (Å²) in [5, 5.41) is 6.53. The topological polar surface area (TPSA) is 51.1 Å². The summed E-state index contributed by atoms with van der Waals surface area (Å²) in [7, 11) is 0. The second-order valence-electron chi connectivity index (χ2n) is 7.34. The molecule has 0 bridgehead atoms. The zero-order valence-corrected chi connectivity index (χ0v) is 21.1. The van der Waals surface area contributed by atoms with Gasteiger partial charge in [-0.2, -0.15) is 10.1 Å². The molecule has 1 amide bonds. The van der Waals surface area contributed by atoms with Gasteiger partial charge in [0.1, 0.15) is 6.61 Å². The van der Waals surface area contributed by atoms with E-state index >= 15 is 0 Å². The fraction of sp³-hybridized carbons (Fsp3) is 0.154. The summed E-state index contributed by atoms with van der Waals surface area (Å²) in [5.41, 5.74) is 3.67. The van der Waals surface area contributed by atoms with E-state index < -0.39 is 0 Å². The fourth-order valence-corrected chi connectivity index (χ4v) is 4.41. The molecule has 0 spiro atoms. The Morgan fingerprint density at radius 2 is 1.79 bits per heavy atom. The van der Waals surface area contributed by atoms with Gasteiger partial charge in [-0.25, -0.2) is 0 Å². The van der Waals surface area contributed by atoms with Gasteiger partial charge in [0.15, 0.2) is 11.5 Å². The fourth-order valence-electron chi connectivity index (χ4n) is 3.43. The summed E-state index contributed by atoms with van der Waals surface area (Å²) in [6.45, 7) is 4.57. The normalized spacial score (nSPS) is 14.5.